The minimum absolute atomic E-state index is 0.298. The van der Waals surface area contributed by atoms with Gasteiger partial charge in [-0.05, 0) is 63.2 Å². The van der Waals surface area contributed by atoms with Crippen LogP contribution in [0.5, 0.6) is 0 Å². The summed E-state index contributed by atoms with van der Waals surface area (Å²) < 4.78 is 4.92. The van der Waals surface area contributed by atoms with Crippen molar-refractivity contribution in [3.63, 3.8) is 0 Å². The van der Waals surface area contributed by atoms with Gasteiger partial charge in [0.05, 0.1) is 6.07 Å². The van der Waals surface area contributed by atoms with Crippen molar-refractivity contribution in [1.29, 1.82) is 5.26 Å². The van der Waals surface area contributed by atoms with Crippen molar-refractivity contribution < 1.29 is 4.65 Å². The Bertz CT molecular complexity index is 247. The Morgan fingerprint density at radius 2 is 1.38 bits per heavy atom. The Balaban J connectivity index is 1.76. The zero-order valence-electron chi connectivity index (χ0n) is 9.90. The van der Waals surface area contributed by atoms with Gasteiger partial charge in [0.1, 0.15) is 0 Å². The van der Waals surface area contributed by atoms with Crippen LogP contribution in [-0.4, -0.2) is 14.2 Å². The molecule has 2 aliphatic carbocycles. The quantitative estimate of drug-likeness (QED) is 0.666. The molecule has 0 amide bonds. The van der Waals surface area contributed by atoms with Gasteiger partial charge in [-0.3, -0.25) is 0 Å². The molecule has 3 heteroatoms. The smallest absolute Gasteiger partial charge is 0.283 e. The van der Waals surface area contributed by atoms with Crippen molar-refractivity contribution >= 4 is 8.05 Å². The molecule has 0 atom stereocenters. The number of nitrogens with zero attached hydrogens (tertiary/aromatic N) is 1. The van der Waals surface area contributed by atoms with Gasteiger partial charge in [0.2, 0.25) is 0 Å². The van der Waals surface area contributed by atoms with E-state index in [-0.39, 0.29) is 0 Å². The molecule has 0 aromatic rings. The maximum absolute atomic E-state index is 8.87. The molecule has 0 aliphatic heterocycles. The first-order valence-electron chi connectivity index (χ1n) is 6.58. The molecule has 0 bridgehead atoms. The summed E-state index contributed by atoms with van der Waals surface area (Å²) in [6.45, 7) is 0. The number of rotatable bonds is 2. The van der Waals surface area contributed by atoms with Crippen molar-refractivity contribution in [2.75, 3.05) is 0 Å². The van der Waals surface area contributed by atoms with Gasteiger partial charge in [0.25, 0.3) is 8.05 Å². The topological polar surface area (TPSA) is 33.0 Å². The Hall–Kier alpha value is -0.485. The van der Waals surface area contributed by atoms with E-state index in [1.807, 2.05) is 0 Å². The van der Waals surface area contributed by atoms with E-state index in [4.69, 9.17) is 18.0 Å². The molecule has 0 saturated heterocycles. The van der Waals surface area contributed by atoms with Crippen LogP contribution < -0.4 is 0 Å². The third kappa shape index (κ3) is 2.80. The molecular weight excluding hydrogens is 197 g/mol. The van der Waals surface area contributed by atoms with Crippen molar-refractivity contribution in [3.05, 3.63) is 0 Å². The molecule has 2 aliphatic rings. The van der Waals surface area contributed by atoms with Crippen LogP contribution in [0, 0.1) is 29.1 Å². The maximum Gasteiger partial charge on any atom is 0.283 e. The fourth-order valence-electron chi connectivity index (χ4n) is 3.42. The van der Waals surface area contributed by atoms with Crippen LogP contribution in [0.1, 0.15) is 51.4 Å². The Labute approximate surface area is 99.8 Å². The first-order valence-corrected chi connectivity index (χ1v) is 6.58. The highest BCUT2D eigenvalue weighted by molar-refractivity contribution is 5.98. The predicted octanol–water partition coefficient (Wildman–Crippen LogP) is 2.98. The molecule has 86 valence electrons. The van der Waals surface area contributed by atoms with Gasteiger partial charge in [-0.15, -0.1) is 0 Å². The Kier molecular flexibility index (Phi) is 4.29. The minimum Gasteiger partial charge on any atom is -0.445 e. The number of hydrogen-bond acceptors (Lipinski definition) is 2. The van der Waals surface area contributed by atoms with Gasteiger partial charge in [-0.25, -0.2) is 0 Å². The standard InChI is InChI=1S/C13H20BNO/c14-16-13-7-5-12(6-8-13)11-3-1-10(9-15)2-4-11/h10-13H,1-8H2. The first kappa shape index (κ1) is 12.0. The molecule has 2 nitrogen and oxygen atoms in total. The van der Waals surface area contributed by atoms with E-state index in [0.29, 0.717) is 12.0 Å². The zero-order chi connectivity index (χ0) is 11.4. The summed E-state index contributed by atoms with van der Waals surface area (Å²) in [7, 11) is 5.23. The molecule has 2 radical (unpaired) electrons. The van der Waals surface area contributed by atoms with Crippen molar-refractivity contribution in [3.8, 4) is 6.07 Å². The molecule has 2 fully saturated rings. The molecule has 0 N–H and O–H groups in total. The lowest BCUT2D eigenvalue weighted by Gasteiger charge is -2.36. The first-order chi connectivity index (χ1) is 7.83. The third-order valence-electron chi connectivity index (χ3n) is 4.53. The fraction of sp³-hybridized carbons (Fsp3) is 0.923. The lowest BCUT2D eigenvalue weighted by molar-refractivity contribution is 0.102. The summed E-state index contributed by atoms with van der Waals surface area (Å²) in [5, 5.41) is 8.87. The normalized spacial score (nSPS) is 40.2. The van der Waals surface area contributed by atoms with Crippen molar-refractivity contribution in [2.24, 2.45) is 17.8 Å². The summed E-state index contributed by atoms with van der Waals surface area (Å²) >= 11 is 0. The Morgan fingerprint density at radius 1 is 0.875 bits per heavy atom. The van der Waals surface area contributed by atoms with Crippen LogP contribution in [-0.2, 0) is 4.65 Å². The highest BCUT2D eigenvalue weighted by Crippen LogP contribution is 2.40. The summed E-state index contributed by atoms with van der Waals surface area (Å²) in [4.78, 5) is 0. The highest BCUT2D eigenvalue weighted by atomic mass is 16.4. The van der Waals surface area contributed by atoms with Gasteiger partial charge in [0.15, 0.2) is 0 Å². The molecule has 0 spiro atoms. The number of nitriles is 1. The molecule has 16 heavy (non-hydrogen) atoms. The summed E-state index contributed by atoms with van der Waals surface area (Å²) in [5.41, 5.74) is 0. The SMILES string of the molecule is [B]OC1CCC(C2CCC(C#N)CC2)CC1. The minimum atomic E-state index is 0.298. The lowest BCUT2D eigenvalue weighted by Crippen LogP contribution is -2.28. The van der Waals surface area contributed by atoms with Crippen LogP contribution in [0.25, 0.3) is 0 Å². The second kappa shape index (κ2) is 5.73. The maximum atomic E-state index is 8.87. The van der Waals surface area contributed by atoms with E-state index in [1.165, 1.54) is 25.7 Å². The van der Waals surface area contributed by atoms with Crippen LogP contribution in [0.4, 0.5) is 0 Å². The van der Waals surface area contributed by atoms with Crippen LogP contribution in [0.2, 0.25) is 0 Å². The lowest BCUT2D eigenvalue weighted by atomic mass is 9.71. The molecule has 2 saturated carbocycles. The van der Waals surface area contributed by atoms with E-state index in [1.54, 1.807) is 0 Å². The van der Waals surface area contributed by atoms with Gasteiger partial charge in [0, 0.05) is 12.0 Å². The molecular formula is C13H20BNO. The third-order valence-corrected chi connectivity index (χ3v) is 4.53. The van der Waals surface area contributed by atoms with E-state index in [2.05, 4.69) is 6.07 Å². The Morgan fingerprint density at radius 3 is 1.81 bits per heavy atom. The molecule has 2 rings (SSSR count). The van der Waals surface area contributed by atoms with E-state index < -0.39 is 0 Å². The summed E-state index contributed by atoms with van der Waals surface area (Å²) in [6.07, 6.45) is 9.84. The van der Waals surface area contributed by atoms with Gasteiger partial charge in [-0.1, -0.05) is 0 Å². The highest BCUT2D eigenvalue weighted by Gasteiger charge is 2.30. The average molecular weight is 217 g/mol. The monoisotopic (exact) mass is 217 g/mol. The summed E-state index contributed by atoms with van der Waals surface area (Å²) in [5.74, 6) is 2.06. The van der Waals surface area contributed by atoms with Crippen LogP contribution in [0.15, 0.2) is 0 Å². The molecule has 0 aromatic carbocycles. The van der Waals surface area contributed by atoms with E-state index in [0.717, 1.165) is 37.5 Å². The predicted molar refractivity (Wildman–Crippen MR) is 63.6 cm³/mol. The van der Waals surface area contributed by atoms with Crippen LogP contribution >= 0.6 is 0 Å². The van der Waals surface area contributed by atoms with E-state index in [9.17, 15) is 0 Å². The molecule has 0 unspecified atom stereocenters. The van der Waals surface area contributed by atoms with Gasteiger partial charge in [-0.2, -0.15) is 5.26 Å². The van der Waals surface area contributed by atoms with E-state index >= 15 is 0 Å². The van der Waals surface area contributed by atoms with Gasteiger partial charge < -0.3 is 4.65 Å². The second-order valence-corrected chi connectivity index (χ2v) is 5.41. The largest absolute Gasteiger partial charge is 0.445 e. The van der Waals surface area contributed by atoms with Gasteiger partial charge >= 0.3 is 0 Å². The molecule has 0 heterocycles. The number of hydrogen-bond donors (Lipinski definition) is 0. The van der Waals surface area contributed by atoms with Crippen molar-refractivity contribution in [2.45, 2.75) is 57.5 Å². The zero-order valence-corrected chi connectivity index (χ0v) is 9.90. The fourth-order valence-corrected chi connectivity index (χ4v) is 3.42. The van der Waals surface area contributed by atoms with Crippen LogP contribution in [0.3, 0.4) is 0 Å². The second-order valence-electron chi connectivity index (χ2n) is 5.41. The van der Waals surface area contributed by atoms with Crippen molar-refractivity contribution in [1.82, 2.24) is 0 Å². The average Bonchev–Trinajstić information content (AvgIpc) is 2.39. The molecule has 0 aromatic heterocycles. The summed E-state index contributed by atoms with van der Waals surface area (Å²) in [6, 6.07) is 2.41.